The maximum absolute atomic E-state index is 11.2. The van der Waals surface area contributed by atoms with E-state index in [-0.39, 0.29) is 17.6 Å². The largest absolute Gasteiger partial charge is 0.384 e. The molecule has 0 bridgehead atoms. The molecule has 0 fully saturated rings. The minimum Gasteiger partial charge on any atom is -0.384 e. The van der Waals surface area contributed by atoms with Crippen LogP contribution in [-0.2, 0) is 14.3 Å². The summed E-state index contributed by atoms with van der Waals surface area (Å²) in [4.78, 5) is 22.3. The van der Waals surface area contributed by atoms with Crippen LogP contribution < -0.4 is 5.32 Å². The molecule has 1 N–H and O–H groups in total. The zero-order valence-electron chi connectivity index (χ0n) is 9.84. The van der Waals surface area contributed by atoms with Gasteiger partial charge >= 0.3 is 0 Å². The number of ether oxygens (including phenoxy) is 1. The van der Waals surface area contributed by atoms with Crippen molar-refractivity contribution in [3.63, 3.8) is 0 Å². The van der Waals surface area contributed by atoms with Crippen LogP contribution in [0.15, 0.2) is 0 Å². The highest BCUT2D eigenvalue weighted by Crippen LogP contribution is 1.96. The van der Waals surface area contributed by atoms with Crippen molar-refractivity contribution in [2.24, 2.45) is 5.92 Å². The molecule has 0 aromatic carbocycles. The predicted molar refractivity (Wildman–Crippen MR) is 58.6 cm³/mol. The predicted octanol–water partition coefficient (Wildman–Crippen LogP) is 1.14. The molecule has 0 spiro atoms. The Morgan fingerprint density at radius 3 is 2.47 bits per heavy atom. The third-order valence-electron chi connectivity index (χ3n) is 2.04. The lowest BCUT2D eigenvalue weighted by Crippen LogP contribution is -2.28. The Hall–Kier alpha value is -0.900. The van der Waals surface area contributed by atoms with Crippen LogP contribution >= 0.6 is 0 Å². The van der Waals surface area contributed by atoms with E-state index in [1.165, 1.54) is 0 Å². The molecule has 88 valence electrons. The Kier molecular flexibility index (Phi) is 7.91. The SMILES string of the molecule is COCCC(=O)CCCNC(=O)C(C)C. The van der Waals surface area contributed by atoms with E-state index in [0.717, 1.165) is 0 Å². The molecular formula is C11H21NO3. The highest BCUT2D eigenvalue weighted by Gasteiger charge is 2.06. The molecule has 4 nitrogen and oxygen atoms in total. The van der Waals surface area contributed by atoms with Gasteiger partial charge in [-0.15, -0.1) is 0 Å². The minimum absolute atomic E-state index is 0.00851. The molecule has 0 radical (unpaired) electrons. The number of Topliss-reactive ketones (excluding diaryl/α,β-unsaturated/α-hetero) is 1. The number of hydrogen-bond donors (Lipinski definition) is 1. The van der Waals surface area contributed by atoms with Gasteiger partial charge in [0.1, 0.15) is 5.78 Å². The zero-order valence-corrected chi connectivity index (χ0v) is 9.84. The first kappa shape index (κ1) is 14.1. The van der Waals surface area contributed by atoms with Crippen molar-refractivity contribution in [3.05, 3.63) is 0 Å². The van der Waals surface area contributed by atoms with Crippen LogP contribution in [0.1, 0.15) is 33.1 Å². The molecule has 0 heterocycles. The van der Waals surface area contributed by atoms with Gasteiger partial charge in [-0.05, 0) is 6.42 Å². The van der Waals surface area contributed by atoms with Gasteiger partial charge < -0.3 is 10.1 Å². The summed E-state index contributed by atoms with van der Waals surface area (Å²) in [6, 6.07) is 0. The van der Waals surface area contributed by atoms with E-state index in [2.05, 4.69) is 5.32 Å². The number of rotatable bonds is 8. The van der Waals surface area contributed by atoms with E-state index in [4.69, 9.17) is 4.74 Å². The number of ketones is 1. The van der Waals surface area contributed by atoms with Crippen LogP contribution in [0.3, 0.4) is 0 Å². The summed E-state index contributed by atoms with van der Waals surface area (Å²) in [7, 11) is 1.58. The van der Waals surface area contributed by atoms with Crippen molar-refractivity contribution >= 4 is 11.7 Å². The number of carbonyl (C=O) groups excluding carboxylic acids is 2. The molecular weight excluding hydrogens is 194 g/mol. The quantitative estimate of drug-likeness (QED) is 0.618. The summed E-state index contributed by atoms with van der Waals surface area (Å²) >= 11 is 0. The second kappa shape index (κ2) is 8.41. The molecule has 0 aliphatic heterocycles. The topological polar surface area (TPSA) is 55.4 Å². The van der Waals surface area contributed by atoms with E-state index in [9.17, 15) is 9.59 Å². The fraction of sp³-hybridized carbons (Fsp3) is 0.818. The van der Waals surface area contributed by atoms with Gasteiger partial charge in [-0.2, -0.15) is 0 Å². The molecule has 0 aliphatic carbocycles. The van der Waals surface area contributed by atoms with Crippen molar-refractivity contribution in [2.45, 2.75) is 33.1 Å². The zero-order chi connectivity index (χ0) is 11.7. The standard InChI is InChI=1S/C11H21NO3/c1-9(2)11(14)12-7-4-5-10(13)6-8-15-3/h9H,4-8H2,1-3H3,(H,12,14). The number of amides is 1. The summed E-state index contributed by atoms with van der Waals surface area (Å²) < 4.78 is 4.80. The van der Waals surface area contributed by atoms with Gasteiger partial charge in [-0.25, -0.2) is 0 Å². The van der Waals surface area contributed by atoms with E-state index in [0.29, 0.717) is 32.4 Å². The second-order valence-corrected chi connectivity index (χ2v) is 3.83. The Bertz CT molecular complexity index is 202. The van der Waals surface area contributed by atoms with E-state index in [1.54, 1.807) is 7.11 Å². The Morgan fingerprint density at radius 2 is 1.93 bits per heavy atom. The Balaban J connectivity index is 3.38. The number of hydrogen-bond acceptors (Lipinski definition) is 3. The maximum atomic E-state index is 11.2. The van der Waals surface area contributed by atoms with Gasteiger partial charge in [0.2, 0.25) is 5.91 Å². The van der Waals surface area contributed by atoms with Gasteiger partial charge in [0.15, 0.2) is 0 Å². The van der Waals surface area contributed by atoms with Crippen LogP contribution in [0.4, 0.5) is 0 Å². The van der Waals surface area contributed by atoms with E-state index >= 15 is 0 Å². The van der Waals surface area contributed by atoms with Crippen molar-refractivity contribution in [2.75, 3.05) is 20.3 Å². The fourth-order valence-electron chi connectivity index (χ4n) is 1.04. The molecule has 0 atom stereocenters. The van der Waals surface area contributed by atoms with Gasteiger partial charge in [-0.3, -0.25) is 9.59 Å². The smallest absolute Gasteiger partial charge is 0.222 e. The lowest BCUT2D eigenvalue weighted by molar-refractivity contribution is -0.124. The highest BCUT2D eigenvalue weighted by atomic mass is 16.5. The van der Waals surface area contributed by atoms with E-state index in [1.807, 2.05) is 13.8 Å². The van der Waals surface area contributed by atoms with Gasteiger partial charge in [-0.1, -0.05) is 13.8 Å². The monoisotopic (exact) mass is 215 g/mol. The molecule has 0 saturated carbocycles. The third-order valence-corrected chi connectivity index (χ3v) is 2.04. The summed E-state index contributed by atoms with van der Waals surface area (Å²) in [6.45, 7) is 4.76. The summed E-state index contributed by atoms with van der Waals surface area (Å²) in [6.07, 6.45) is 1.69. The van der Waals surface area contributed by atoms with Crippen LogP contribution in [0.5, 0.6) is 0 Å². The summed E-state index contributed by atoms with van der Waals surface area (Å²) in [5.41, 5.74) is 0. The molecule has 4 heteroatoms. The normalized spacial score (nSPS) is 10.4. The van der Waals surface area contributed by atoms with Gasteiger partial charge in [0.25, 0.3) is 0 Å². The second-order valence-electron chi connectivity index (χ2n) is 3.83. The van der Waals surface area contributed by atoms with Crippen LogP contribution in [0.2, 0.25) is 0 Å². The average Bonchev–Trinajstić information content (AvgIpc) is 2.20. The summed E-state index contributed by atoms with van der Waals surface area (Å²) in [5.74, 6) is 0.240. The van der Waals surface area contributed by atoms with E-state index < -0.39 is 0 Å². The van der Waals surface area contributed by atoms with Crippen molar-refractivity contribution in [1.29, 1.82) is 0 Å². The first-order valence-electron chi connectivity index (χ1n) is 5.36. The molecule has 1 amide bonds. The minimum atomic E-state index is 0.00851. The van der Waals surface area contributed by atoms with Crippen molar-refractivity contribution in [3.8, 4) is 0 Å². The summed E-state index contributed by atoms with van der Waals surface area (Å²) in [5, 5.41) is 2.77. The van der Waals surface area contributed by atoms with Gasteiger partial charge in [0.05, 0.1) is 6.61 Å². The Morgan fingerprint density at radius 1 is 1.27 bits per heavy atom. The average molecular weight is 215 g/mol. The number of carbonyl (C=O) groups is 2. The molecule has 15 heavy (non-hydrogen) atoms. The number of methoxy groups -OCH3 is 1. The van der Waals surface area contributed by atoms with Crippen LogP contribution in [0.25, 0.3) is 0 Å². The highest BCUT2D eigenvalue weighted by molar-refractivity contribution is 5.79. The number of nitrogens with one attached hydrogen (secondary N) is 1. The molecule has 0 rings (SSSR count). The van der Waals surface area contributed by atoms with Crippen LogP contribution in [-0.4, -0.2) is 32.0 Å². The molecule has 0 saturated heterocycles. The van der Waals surface area contributed by atoms with Crippen molar-refractivity contribution in [1.82, 2.24) is 5.32 Å². The first-order chi connectivity index (χ1) is 7.07. The Labute approximate surface area is 91.4 Å². The molecule has 0 aliphatic rings. The lowest BCUT2D eigenvalue weighted by atomic mass is 10.1. The van der Waals surface area contributed by atoms with Crippen molar-refractivity contribution < 1.29 is 14.3 Å². The molecule has 0 unspecified atom stereocenters. The third kappa shape index (κ3) is 8.12. The fourth-order valence-corrected chi connectivity index (χ4v) is 1.04. The van der Waals surface area contributed by atoms with Crippen LogP contribution in [0, 0.1) is 5.92 Å². The first-order valence-corrected chi connectivity index (χ1v) is 5.36. The lowest BCUT2D eigenvalue weighted by Gasteiger charge is -2.06. The molecule has 0 aromatic heterocycles. The maximum Gasteiger partial charge on any atom is 0.222 e. The molecule has 0 aromatic rings. The van der Waals surface area contributed by atoms with Gasteiger partial charge in [0, 0.05) is 32.4 Å².